The van der Waals surface area contributed by atoms with Crippen LogP contribution in [0.2, 0.25) is 0 Å². The number of carboxylic acids is 1. The van der Waals surface area contributed by atoms with Crippen LogP contribution in [0.4, 0.5) is 0 Å². The van der Waals surface area contributed by atoms with E-state index in [0.717, 1.165) is 4.90 Å². The van der Waals surface area contributed by atoms with E-state index in [1.807, 2.05) is 31.2 Å². The molecule has 4 nitrogen and oxygen atoms in total. The summed E-state index contributed by atoms with van der Waals surface area (Å²) in [6.45, 7) is 5.71. The summed E-state index contributed by atoms with van der Waals surface area (Å²) >= 11 is 1.47. The van der Waals surface area contributed by atoms with Crippen molar-refractivity contribution in [3.05, 3.63) is 29.8 Å². The van der Waals surface area contributed by atoms with Gasteiger partial charge in [-0.1, -0.05) is 17.7 Å². The lowest BCUT2D eigenvalue weighted by atomic mass is 9.90. The molecule has 5 heteroatoms. The lowest BCUT2D eigenvalue weighted by molar-refractivity contribution is -0.147. The number of hydrogen-bond donors (Lipinski definition) is 2. The Kier molecular flexibility index (Phi) is 6.07. The molecule has 0 aliphatic carbocycles. The van der Waals surface area contributed by atoms with Gasteiger partial charge in [0.05, 0.1) is 11.2 Å². The van der Waals surface area contributed by atoms with Crippen LogP contribution < -0.4 is 5.32 Å². The number of rotatable bonds is 7. The average Bonchev–Trinajstić information content (AvgIpc) is 2.37. The van der Waals surface area contributed by atoms with Crippen molar-refractivity contribution < 1.29 is 14.7 Å². The van der Waals surface area contributed by atoms with Crippen LogP contribution in [0, 0.1) is 12.3 Å². The van der Waals surface area contributed by atoms with Gasteiger partial charge in [-0.3, -0.25) is 9.59 Å². The summed E-state index contributed by atoms with van der Waals surface area (Å²) < 4.78 is 0. The minimum absolute atomic E-state index is 0.0724. The van der Waals surface area contributed by atoms with Crippen LogP contribution in [0.25, 0.3) is 0 Å². The molecule has 0 heterocycles. The standard InChI is InChI=1S/C15H21NO3S/c1-11-4-6-12(7-5-11)20-10-13(17)16-9-8-15(2,3)14(18)19/h4-7H,8-10H2,1-3H3,(H,16,17)(H,18,19). The number of hydrogen-bond acceptors (Lipinski definition) is 3. The first kappa shape index (κ1) is 16.6. The SMILES string of the molecule is Cc1ccc(SCC(=O)NCCC(C)(C)C(=O)O)cc1. The topological polar surface area (TPSA) is 66.4 Å². The quantitative estimate of drug-likeness (QED) is 0.759. The van der Waals surface area contributed by atoms with Crippen molar-refractivity contribution in [1.82, 2.24) is 5.32 Å². The third-order valence-electron chi connectivity index (χ3n) is 3.04. The van der Waals surface area contributed by atoms with Crippen molar-refractivity contribution in [2.45, 2.75) is 32.1 Å². The van der Waals surface area contributed by atoms with Gasteiger partial charge in [-0.15, -0.1) is 11.8 Å². The Bertz CT molecular complexity index is 469. The van der Waals surface area contributed by atoms with Gasteiger partial charge in [0.25, 0.3) is 0 Å². The maximum Gasteiger partial charge on any atom is 0.309 e. The number of aliphatic carboxylic acids is 1. The van der Waals surface area contributed by atoms with Gasteiger partial charge < -0.3 is 10.4 Å². The summed E-state index contributed by atoms with van der Waals surface area (Å²) in [5, 5.41) is 11.7. The van der Waals surface area contributed by atoms with E-state index in [0.29, 0.717) is 18.7 Å². The Balaban J connectivity index is 2.27. The van der Waals surface area contributed by atoms with Crippen molar-refractivity contribution >= 4 is 23.6 Å². The van der Waals surface area contributed by atoms with Gasteiger partial charge in [0.2, 0.25) is 5.91 Å². The molecule has 0 unspecified atom stereocenters. The third-order valence-corrected chi connectivity index (χ3v) is 4.05. The molecular weight excluding hydrogens is 274 g/mol. The summed E-state index contributed by atoms with van der Waals surface area (Å²) in [5.74, 6) is -0.575. The maximum atomic E-state index is 11.7. The molecule has 0 saturated heterocycles. The molecule has 0 aliphatic rings. The molecule has 0 atom stereocenters. The van der Waals surface area contributed by atoms with Crippen molar-refractivity contribution in [2.24, 2.45) is 5.41 Å². The highest BCUT2D eigenvalue weighted by atomic mass is 32.2. The van der Waals surface area contributed by atoms with Gasteiger partial charge in [0.15, 0.2) is 0 Å². The van der Waals surface area contributed by atoms with Gasteiger partial charge in [0, 0.05) is 11.4 Å². The number of carbonyl (C=O) groups excluding carboxylic acids is 1. The van der Waals surface area contributed by atoms with E-state index in [1.54, 1.807) is 13.8 Å². The number of aryl methyl sites for hydroxylation is 1. The van der Waals surface area contributed by atoms with E-state index in [1.165, 1.54) is 17.3 Å². The lowest BCUT2D eigenvalue weighted by Crippen LogP contribution is -2.32. The zero-order chi connectivity index (χ0) is 15.2. The van der Waals surface area contributed by atoms with Crippen molar-refractivity contribution in [2.75, 3.05) is 12.3 Å². The summed E-state index contributed by atoms with van der Waals surface area (Å²) in [5.41, 5.74) is 0.381. The molecular formula is C15H21NO3S. The van der Waals surface area contributed by atoms with Crippen molar-refractivity contribution in [3.63, 3.8) is 0 Å². The first-order valence-corrected chi connectivity index (χ1v) is 7.49. The van der Waals surface area contributed by atoms with Gasteiger partial charge in [0.1, 0.15) is 0 Å². The monoisotopic (exact) mass is 295 g/mol. The molecule has 1 aromatic carbocycles. The Morgan fingerprint density at radius 2 is 1.85 bits per heavy atom. The molecule has 1 amide bonds. The summed E-state index contributed by atoms with van der Waals surface area (Å²) in [4.78, 5) is 23.6. The average molecular weight is 295 g/mol. The highest BCUT2D eigenvalue weighted by molar-refractivity contribution is 8.00. The second kappa shape index (κ2) is 7.33. The Morgan fingerprint density at radius 1 is 1.25 bits per heavy atom. The fourth-order valence-electron chi connectivity index (χ4n) is 1.46. The Hall–Kier alpha value is -1.49. The number of carbonyl (C=O) groups is 2. The summed E-state index contributed by atoms with van der Waals surface area (Å²) in [6, 6.07) is 7.99. The van der Waals surface area contributed by atoms with E-state index in [4.69, 9.17) is 5.11 Å². The van der Waals surface area contributed by atoms with E-state index < -0.39 is 11.4 Å². The Labute approximate surface area is 124 Å². The number of nitrogens with one attached hydrogen (secondary N) is 1. The van der Waals surface area contributed by atoms with Crippen LogP contribution in [-0.4, -0.2) is 29.3 Å². The molecule has 0 aromatic heterocycles. The molecule has 0 radical (unpaired) electrons. The molecule has 2 N–H and O–H groups in total. The van der Waals surface area contributed by atoms with Crippen LogP contribution in [0.5, 0.6) is 0 Å². The number of thioether (sulfide) groups is 1. The molecule has 1 aromatic rings. The normalized spacial score (nSPS) is 11.2. The maximum absolute atomic E-state index is 11.7. The van der Waals surface area contributed by atoms with E-state index in [9.17, 15) is 9.59 Å². The molecule has 0 aliphatic heterocycles. The third kappa shape index (κ3) is 5.65. The Morgan fingerprint density at radius 3 is 2.40 bits per heavy atom. The molecule has 0 spiro atoms. The second-order valence-corrected chi connectivity index (χ2v) is 6.44. The first-order valence-electron chi connectivity index (χ1n) is 6.51. The fourth-order valence-corrected chi connectivity index (χ4v) is 2.18. The fraction of sp³-hybridized carbons (Fsp3) is 0.467. The van der Waals surface area contributed by atoms with E-state index >= 15 is 0 Å². The second-order valence-electron chi connectivity index (χ2n) is 5.39. The number of carboxylic acid groups (broad SMARTS) is 1. The zero-order valence-corrected chi connectivity index (χ0v) is 12.9. The van der Waals surface area contributed by atoms with Gasteiger partial charge in [-0.05, 0) is 39.3 Å². The largest absolute Gasteiger partial charge is 0.481 e. The van der Waals surface area contributed by atoms with Crippen molar-refractivity contribution in [3.8, 4) is 0 Å². The first-order chi connectivity index (χ1) is 9.31. The number of benzene rings is 1. The van der Waals surface area contributed by atoms with Gasteiger partial charge >= 0.3 is 5.97 Å². The van der Waals surface area contributed by atoms with Crippen LogP contribution in [0.15, 0.2) is 29.2 Å². The van der Waals surface area contributed by atoms with E-state index in [-0.39, 0.29) is 5.91 Å². The van der Waals surface area contributed by atoms with Gasteiger partial charge in [-0.25, -0.2) is 0 Å². The molecule has 20 heavy (non-hydrogen) atoms. The molecule has 0 fully saturated rings. The van der Waals surface area contributed by atoms with Gasteiger partial charge in [-0.2, -0.15) is 0 Å². The highest BCUT2D eigenvalue weighted by Gasteiger charge is 2.26. The van der Waals surface area contributed by atoms with Crippen LogP contribution in [0.1, 0.15) is 25.8 Å². The zero-order valence-electron chi connectivity index (χ0n) is 12.1. The van der Waals surface area contributed by atoms with Crippen LogP contribution >= 0.6 is 11.8 Å². The summed E-state index contributed by atoms with van der Waals surface area (Å²) in [7, 11) is 0. The predicted molar refractivity (Wildman–Crippen MR) is 80.9 cm³/mol. The smallest absolute Gasteiger partial charge is 0.309 e. The summed E-state index contributed by atoms with van der Waals surface area (Å²) in [6.07, 6.45) is 0.420. The minimum atomic E-state index is -0.847. The molecule has 0 bridgehead atoms. The highest BCUT2D eigenvalue weighted by Crippen LogP contribution is 2.20. The lowest BCUT2D eigenvalue weighted by Gasteiger charge is -2.18. The van der Waals surface area contributed by atoms with Crippen LogP contribution in [-0.2, 0) is 9.59 Å². The van der Waals surface area contributed by atoms with Crippen molar-refractivity contribution in [1.29, 1.82) is 0 Å². The molecule has 1 rings (SSSR count). The van der Waals surface area contributed by atoms with E-state index in [2.05, 4.69) is 5.32 Å². The molecule has 0 saturated carbocycles. The molecule has 110 valence electrons. The number of amides is 1. The minimum Gasteiger partial charge on any atom is -0.481 e. The predicted octanol–water partition coefficient (Wildman–Crippen LogP) is 2.70. The van der Waals surface area contributed by atoms with Crippen LogP contribution in [0.3, 0.4) is 0 Å².